The Morgan fingerprint density at radius 3 is 1.44 bits per heavy atom. The molecule has 92 valence electrons. The van der Waals surface area contributed by atoms with E-state index in [-0.39, 0.29) is 11.8 Å². The van der Waals surface area contributed by atoms with Crippen LogP contribution >= 0.6 is 0 Å². The Morgan fingerprint density at radius 2 is 1.22 bits per heavy atom. The van der Waals surface area contributed by atoms with Crippen molar-refractivity contribution in [2.75, 3.05) is 0 Å². The summed E-state index contributed by atoms with van der Waals surface area (Å²) in [4.78, 5) is 9.98. The summed E-state index contributed by atoms with van der Waals surface area (Å²) in [5, 5.41) is 0. The summed E-state index contributed by atoms with van der Waals surface area (Å²) >= 11 is 0. The highest BCUT2D eigenvalue weighted by Gasteiger charge is 2.26. The average Bonchev–Trinajstić information content (AvgIpc) is 3.26. The van der Waals surface area contributed by atoms with Crippen LogP contribution in [0.15, 0.2) is 60.7 Å². The van der Waals surface area contributed by atoms with Gasteiger partial charge >= 0.3 is 0 Å². The van der Waals surface area contributed by atoms with Gasteiger partial charge < -0.3 is 5.73 Å². The van der Waals surface area contributed by atoms with E-state index in [9.17, 15) is 4.79 Å². The zero-order valence-corrected chi connectivity index (χ0v) is 10.3. The molecule has 0 aromatic heterocycles. The molecular formula is C16H17NO. The quantitative estimate of drug-likeness (QED) is 0.859. The lowest BCUT2D eigenvalue weighted by atomic mass is 10.1. The van der Waals surface area contributed by atoms with E-state index in [0.717, 1.165) is 12.8 Å². The lowest BCUT2D eigenvalue weighted by Crippen LogP contribution is -2.11. The van der Waals surface area contributed by atoms with E-state index in [1.807, 2.05) is 12.1 Å². The summed E-state index contributed by atoms with van der Waals surface area (Å²) in [5.41, 5.74) is 7.41. The molecule has 1 aliphatic rings. The molecule has 1 amide bonds. The highest BCUT2D eigenvalue weighted by atomic mass is 16.1. The lowest BCUT2D eigenvalue weighted by molar-refractivity contribution is -0.119. The molecule has 0 aliphatic heterocycles. The Kier molecular flexibility index (Phi) is 4.13. The van der Waals surface area contributed by atoms with Crippen LogP contribution in [0.2, 0.25) is 0 Å². The molecule has 18 heavy (non-hydrogen) atoms. The van der Waals surface area contributed by atoms with Crippen molar-refractivity contribution in [2.24, 2.45) is 11.7 Å². The van der Waals surface area contributed by atoms with Gasteiger partial charge in [-0.2, -0.15) is 0 Å². The maximum absolute atomic E-state index is 9.98. The van der Waals surface area contributed by atoms with Crippen LogP contribution in [0.5, 0.6) is 0 Å². The number of amides is 1. The van der Waals surface area contributed by atoms with E-state index >= 15 is 0 Å². The minimum absolute atomic E-state index is 0.130. The molecule has 1 fully saturated rings. The van der Waals surface area contributed by atoms with Crippen molar-refractivity contribution in [3.63, 3.8) is 0 Å². The van der Waals surface area contributed by atoms with Crippen LogP contribution in [-0.4, -0.2) is 5.91 Å². The van der Waals surface area contributed by atoms with Gasteiger partial charge in [-0.05, 0) is 24.0 Å². The molecule has 1 saturated carbocycles. The SMILES string of the molecule is NC(=O)C1CC1.c1ccc(-c2ccccc2)cc1. The number of nitrogens with two attached hydrogens (primary N) is 1. The van der Waals surface area contributed by atoms with E-state index in [2.05, 4.69) is 48.5 Å². The molecule has 2 aromatic carbocycles. The number of hydrogen-bond donors (Lipinski definition) is 1. The fourth-order valence-corrected chi connectivity index (χ4v) is 1.63. The molecule has 2 aromatic rings. The number of primary amides is 1. The second kappa shape index (κ2) is 6.01. The van der Waals surface area contributed by atoms with Crippen LogP contribution in [0.25, 0.3) is 11.1 Å². The molecule has 0 spiro atoms. The van der Waals surface area contributed by atoms with Crippen molar-refractivity contribution in [1.29, 1.82) is 0 Å². The van der Waals surface area contributed by atoms with Crippen LogP contribution in [0.1, 0.15) is 12.8 Å². The Morgan fingerprint density at radius 1 is 0.833 bits per heavy atom. The molecule has 0 unspecified atom stereocenters. The van der Waals surface area contributed by atoms with Crippen molar-refractivity contribution in [3.8, 4) is 11.1 Å². The van der Waals surface area contributed by atoms with E-state index < -0.39 is 0 Å². The summed E-state index contributed by atoms with van der Waals surface area (Å²) in [6.45, 7) is 0. The first-order valence-corrected chi connectivity index (χ1v) is 6.17. The first kappa shape index (κ1) is 12.4. The summed E-state index contributed by atoms with van der Waals surface area (Å²) in [7, 11) is 0. The highest BCUT2D eigenvalue weighted by Crippen LogP contribution is 2.27. The monoisotopic (exact) mass is 239 g/mol. The minimum Gasteiger partial charge on any atom is -0.369 e. The number of carbonyl (C=O) groups excluding carboxylic acids is 1. The molecule has 0 heterocycles. The van der Waals surface area contributed by atoms with Gasteiger partial charge in [0, 0.05) is 5.92 Å². The van der Waals surface area contributed by atoms with E-state index in [1.165, 1.54) is 11.1 Å². The molecule has 0 bridgehead atoms. The van der Waals surface area contributed by atoms with Crippen molar-refractivity contribution >= 4 is 5.91 Å². The molecule has 3 rings (SSSR count). The van der Waals surface area contributed by atoms with Crippen molar-refractivity contribution in [2.45, 2.75) is 12.8 Å². The second-order valence-corrected chi connectivity index (χ2v) is 4.41. The Labute approximate surface area is 107 Å². The normalized spacial score (nSPS) is 13.3. The molecule has 1 aliphatic carbocycles. The van der Waals surface area contributed by atoms with E-state index in [4.69, 9.17) is 5.73 Å². The van der Waals surface area contributed by atoms with Crippen LogP contribution < -0.4 is 5.73 Å². The molecule has 0 saturated heterocycles. The number of hydrogen-bond acceptors (Lipinski definition) is 1. The first-order chi connectivity index (χ1) is 8.77. The Bertz CT molecular complexity index is 452. The summed E-state index contributed by atoms with van der Waals surface area (Å²) < 4.78 is 0. The third kappa shape index (κ3) is 3.74. The maximum atomic E-state index is 9.98. The molecule has 2 heteroatoms. The number of carbonyl (C=O) groups is 1. The number of rotatable bonds is 2. The smallest absolute Gasteiger partial charge is 0.220 e. The Hall–Kier alpha value is -2.09. The molecule has 2 N–H and O–H groups in total. The topological polar surface area (TPSA) is 43.1 Å². The van der Waals surface area contributed by atoms with Gasteiger partial charge in [-0.15, -0.1) is 0 Å². The first-order valence-electron chi connectivity index (χ1n) is 6.17. The van der Waals surface area contributed by atoms with E-state index in [1.54, 1.807) is 0 Å². The fourth-order valence-electron chi connectivity index (χ4n) is 1.63. The van der Waals surface area contributed by atoms with Crippen LogP contribution in [-0.2, 0) is 4.79 Å². The Balaban J connectivity index is 0.000000169. The maximum Gasteiger partial charge on any atom is 0.220 e. The van der Waals surface area contributed by atoms with Crippen molar-refractivity contribution in [1.82, 2.24) is 0 Å². The van der Waals surface area contributed by atoms with Gasteiger partial charge in [0.15, 0.2) is 0 Å². The molecule has 0 radical (unpaired) electrons. The van der Waals surface area contributed by atoms with Gasteiger partial charge in [0.25, 0.3) is 0 Å². The van der Waals surface area contributed by atoms with E-state index in [0.29, 0.717) is 0 Å². The van der Waals surface area contributed by atoms with Gasteiger partial charge in [0.05, 0.1) is 0 Å². The second-order valence-electron chi connectivity index (χ2n) is 4.41. The van der Waals surface area contributed by atoms with Gasteiger partial charge in [-0.3, -0.25) is 4.79 Å². The lowest BCUT2D eigenvalue weighted by Gasteiger charge is -1.98. The van der Waals surface area contributed by atoms with Gasteiger partial charge in [0.1, 0.15) is 0 Å². The molecule has 2 nitrogen and oxygen atoms in total. The minimum atomic E-state index is -0.130. The summed E-state index contributed by atoms with van der Waals surface area (Å²) in [5.74, 6) is 0.111. The van der Waals surface area contributed by atoms with Crippen molar-refractivity contribution in [3.05, 3.63) is 60.7 Å². The zero-order chi connectivity index (χ0) is 12.8. The average molecular weight is 239 g/mol. The van der Waals surface area contributed by atoms with Crippen LogP contribution in [0.4, 0.5) is 0 Å². The highest BCUT2D eigenvalue weighted by molar-refractivity contribution is 5.78. The molecular weight excluding hydrogens is 222 g/mol. The van der Waals surface area contributed by atoms with Crippen LogP contribution in [0, 0.1) is 5.92 Å². The van der Waals surface area contributed by atoms with Crippen molar-refractivity contribution < 1.29 is 4.79 Å². The fraction of sp³-hybridized carbons (Fsp3) is 0.188. The molecule has 0 atom stereocenters. The largest absolute Gasteiger partial charge is 0.369 e. The van der Waals surface area contributed by atoms with Gasteiger partial charge in [-0.1, -0.05) is 60.7 Å². The van der Waals surface area contributed by atoms with Crippen LogP contribution in [0.3, 0.4) is 0 Å². The predicted octanol–water partition coefficient (Wildman–Crippen LogP) is 3.24. The number of benzene rings is 2. The van der Waals surface area contributed by atoms with Gasteiger partial charge in [-0.25, -0.2) is 0 Å². The third-order valence-electron chi connectivity index (χ3n) is 2.86. The third-order valence-corrected chi connectivity index (χ3v) is 2.86. The standard InChI is InChI=1S/C12H10.C4H7NO/c1-3-7-11(8-4-1)12-9-5-2-6-10-12;5-4(6)3-1-2-3/h1-10H;3H,1-2H2,(H2,5,6). The zero-order valence-electron chi connectivity index (χ0n) is 10.3. The van der Waals surface area contributed by atoms with Gasteiger partial charge in [0.2, 0.25) is 5.91 Å². The summed E-state index contributed by atoms with van der Waals surface area (Å²) in [6, 6.07) is 20.8. The summed E-state index contributed by atoms with van der Waals surface area (Å²) in [6.07, 6.45) is 2.05. The predicted molar refractivity (Wildman–Crippen MR) is 73.8 cm³/mol.